The lowest BCUT2D eigenvalue weighted by atomic mass is 10.3. The molecule has 0 radical (unpaired) electrons. The van der Waals surface area contributed by atoms with Crippen LogP contribution in [0.1, 0.15) is 12.5 Å². The van der Waals surface area contributed by atoms with E-state index in [-0.39, 0.29) is 6.03 Å². The van der Waals surface area contributed by atoms with Crippen LogP contribution in [0.25, 0.3) is 5.69 Å². The monoisotopic (exact) mass is 274 g/mol. The largest absolute Gasteiger partial charge is 0.477 e. The van der Waals surface area contributed by atoms with Gasteiger partial charge in [-0.05, 0) is 26.0 Å². The van der Waals surface area contributed by atoms with Gasteiger partial charge in [0.25, 0.3) is 0 Å². The Balaban J connectivity index is 2.48. The maximum Gasteiger partial charge on any atom is 0.320 e. The number of ether oxygens (including phenoxy) is 1. The van der Waals surface area contributed by atoms with E-state index in [1.165, 1.54) is 0 Å². The summed E-state index contributed by atoms with van der Waals surface area (Å²) < 4.78 is 7.15. The van der Waals surface area contributed by atoms with Gasteiger partial charge >= 0.3 is 6.03 Å². The number of amides is 2. The van der Waals surface area contributed by atoms with Crippen LogP contribution in [0, 0.1) is 6.92 Å². The van der Waals surface area contributed by atoms with Crippen LogP contribution in [0.15, 0.2) is 30.3 Å². The topological polar surface area (TPSA) is 68.2 Å². The summed E-state index contributed by atoms with van der Waals surface area (Å²) in [5.74, 6) is 1.11. The minimum Gasteiger partial charge on any atom is -0.477 e. The Morgan fingerprint density at radius 2 is 2.05 bits per heavy atom. The molecule has 0 unspecified atom stereocenters. The number of carbonyl (C=O) groups excluding carboxylic acids is 1. The summed E-state index contributed by atoms with van der Waals surface area (Å²) in [5, 5.41) is 9.71. The van der Waals surface area contributed by atoms with Gasteiger partial charge in [0.2, 0.25) is 5.88 Å². The van der Waals surface area contributed by atoms with Gasteiger partial charge in [0.15, 0.2) is 0 Å². The van der Waals surface area contributed by atoms with Gasteiger partial charge < -0.3 is 10.1 Å². The van der Waals surface area contributed by atoms with Crippen molar-refractivity contribution in [1.29, 1.82) is 0 Å². The number of nitrogens with one attached hydrogen (secondary N) is 2. The number of rotatable bonds is 4. The third-order valence-electron chi connectivity index (χ3n) is 2.82. The smallest absolute Gasteiger partial charge is 0.320 e. The van der Waals surface area contributed by atoms with E-state index in [2.05, 4.69) is 15.7 Å². The molecule has 0 aliphatic heterocycles. The first-order valence-electron chi connectivity index (χ1n) is 6.44. The molecule has 6 heteroatoms. The molecule has 6 nitrogen and oxygen atoms in total. The minimum absolute atomic E-state index is 0.298. The van der Waals surface area contributed by atoms with E-state index in [0.717, 1.165) is 11.3 Å². The fourth-order valence-electron chi connectivity index (χ4n) is 1.82. The molecule has 1 aromatic carbocycles. The number of nitrogens with zero attached hydrogens (tertiary/aromatic N) is 2. The number of aromatic nitrogens is 2. The predicted molar refractivity (Wildman–Crippen MR) is 77.5 cm³/mol. The van der Waals surface area contributed by atoms with Crippen molar-refractivity contribution in [2.24, 2.45) is 0 Å². The second-order valence-electron chi connectivity index (χ2n) is 4.16. The Morgan fingerprint density at radius 1 is 1.35 bits per heavy atom. The van der Waals surface area contributed by atoms with E-state index < -0.39 is 0 Å². The van der Waals surface area contributed by atoms with E-state index in [1.807, 2.05) is 44.2 Å². The summed E-state index contributed by atoms with van der Waals surface area (Å²) in [6, 6.07) is 9.28. The number of urea groups is 1. The molecule has 1 aromatic heterocycles. The summed E-state index contributed by atoms with van der Waals surface area (Å²) in [5.41, 5.74) is 1.65. The summed E-state index contributed by atoms with van der Waals surface area (Å²) in [6.07, 6.45) is 0. The molecule has 0 saturated carbocycles. The van der Waals surface area contributed by atoms with Crippen molar-refractivity contribution in [1.82, 2.24) is 15.1 Å². The first-order chi connectivity index (χ1) is 9.67. The van der Waals surface area contributed by atoms with Crippen LogP contribution in [0.5, 0.6) is 5.88 Å². The van der Waals surface area contributed by atoms with Crippen molar-refractivity contribution >= 4 is 11.8 Å². The van der Waals surface area contributed by atoms with E-state index in [0.29, 0.717) is 18.3 Å². The molecule has 0 spiro atoms. The van der Waals surface area contributed by atoms with Crippen LogP contribution < -0.4 is 15.4 Å². The van der Waals surface area contributed by atoms with Crippen LogP contribution in [0.2, 0.25) is 0 Å². The van der Waals surface area contributed by atoms with E-state index >= 15 is 0 Å². The lowest BCUT2D eigenvalue weighted by molar-refractivity contribution is 0.254. The lowest BCUT2D eigenvalue weighted by Gasteiger charge is -2.09. The zero-order valence-corrected chi connectivity index (χ0v) is 11.8. The number of hydrogen-bond acceptors (Lipinski definition) is 3. The molecule has 0 atom stereocenters. The molecule has 2 N–H and O–H groups in total. The Morgan fingerprint density at radius 3 is 2.65 bits per heavy atom. The van der Waals surface area contributed by atoms with Gasteiger partial charge in [0, 0.05) is 7.05 Å². The Labute approximate surface area is 117 Å². The maximum absolute atomic E-state index is 11.6. The van der Waals surface area contributed by atoms with Gasteiger partial charge in [0.05, 0.1) is 17.9 Å². The SMILES string of the molecule is CCOc1nn(-c2ccccc2)c(NC(=O)NC)c1C. The fraction of sp³-hybridized carbons (Fsp3) is 0.286. The average molecular weight is 274 g/mol. The molecule has 106 valence electrons. The molecule has 2 amide bonds. The first kappa shape index (κ1) is 13.9. The molecule has 0 fully saturated rings. The predicted octanol–water partition coefficient (Wildman–Crippen LogP) is 2.33. The zero-order valence-electron chi connectivity index (χ0n) is 11.8. The lowest BCUT2D eigenvalue weighted by Crippen LogP contribution is -2.26. The van der Waals surface area contributed by atoms with Crippen LogP contribution in [-0.2, 0) is 0 Å². The van der Waals surface area contributed by atoms with Gasteiger partial charge in [-0.1, -0.05) is 18.2 Å². The van der Waals surface area contributed by atoms with E-state index in [4.69, 9.17) is 4.74 Å². The van der Waals surface area contributed by atoms with Crippen molar-refractivity contribution in [3.63, 3.8) is 0 Å². The highest BCUT2D eigenvalue weighted by Gasteiger charge is 2.18. The quantitative estimate of drug-likeness (QED) is 0.899. The second-order valence-corrected chi connectivity index (χ2v) is 4.16. The third kappa shape index (κ3) is 2.74. The zero-order chi connectivity index (χ0) is 14.5. The minimum atomic E-state index is -0.298. The highest BCUT2D eigenvalue weighted by molar-refractivity contribution is 5.89. The molecular formula is C14H18N4O2. The number of benzene rings is 1. The highest BCUT2D eigenvalue weighted by Crippen LogP contribution is 2.28. The normalized spacial score (nSPS) is 10.2. The average Bonchev–Trinajstić information content (AvgIpc) is 2.78. The molecule has 2 aromatic rings. The van der Waals surface area contributed by atoms with Crippen molar-refractivity contribution in [3.8, 4) is 11.6 Å². The van der Waals surface area contributed by atoms with Gasteiger partial charge in [0.1, 0.15) is 5.82 Å². The van der Waals surface area contributed by atoms with Crippen molar-refractivity contribution in [3.05, 3.63) is 35.9 Å². The summed E-state index contributed by atoms with van der Waals surface area (Å²) in [6.45, 7) is 4.28. The number of anilines is 1. The molecule has 1 heterocycles. The first-order valence-corrected chi connectivity index (χ1v) is 6.44. The summed E-state index contributed by atoms with van der Waals surface area (Å²) >= 11 is 0. The number of para-hydroxylation sites is 1. The molecule has 0 aliphatic rings. The van der Waals surface area contributed by atoms with Crippen molar-refractivity contribution in [2.45, 2.75) is 13.8 Å². The van der Waals surface area contributed by atoms with Crippen molar-refractivity contribution < 1.29 is 9.53 Å². The summed E-state index contributed by atoms with van der Waals surface area (Å²) in [4.78, 5) is 11.6. The molecule has 0 bridgehead atoms. The molecule has 20 heavy (non-hydrogen) atoms. The highest BCUT2D eigenvalue weighted by atomic mass is 16.5. The van der Waals surface area contributed by atoms with Crippen molar-refractivity contribution in [2.75, 3.05) is 19.0 Å². The van der Waals surface area contributed by atoms with E-state index in [1.54, 1.807) is 11.7 Å². The Kier molecular flexibility index (Phi) is 4.24. The Bertz CT molecular complexity index is 593. The molecule has 2 rings (SSSR count). The van der Waals surface area contributed by atoms with Gasteiger partial charge in [-0.25, -0.2) is 9.48 Å². The molecule has 0 aliphatic carbocycles. The number of carbonyl (C=O) groups is 1. The second kappa shape index (κ2) is 6.10. The van der Waals surface area contributed by atoms with Crippen LogP contribution in [0.4, 0.5) is 10.6 Å². The van der Waals surface area contributed by atoms with Crippen LogP contribution in [0.3, 0.4) is 0 Å². The van der Waals surface area contributed by atoms with Gasteiger partial charge in [-0.15, -0.1) is 5.10 Å². The fourth-order valence-corrected chi connectivity index (χ4v) is 1.82. The van der Waals surface area contributed by atoms with Gasteiger partial charge in [-0.3, -0.25) is 5.32 Å². The summed E-state index contributed by atoms with van der Waals surface area (Å²) in [7, 11) is 1.57. The van der Waals surface area contributed by atoms with Gasteiger partial charge in [-0.2, -0.15) is 0 Å². The van der Waals surface area contributed by atoms with Crippen LogP contribution >= 0.6 is 0 Å². The molecular weight excluding hydrogens is 256 g/mol. The Hall–Kier alpha value is -2.50. The number of hydrogen-bond donors (Lipinski definition) is 2. The maximum atomic E-state index is 11.6. The van der Waals surface area contributed by atoms with E-state index in [9.17, 15) is 4.79 Å². The third-order valence-corrected chi connectivity index (χ3v) is 2.82. The molecule has 0 saturated heterocycles. The van der Waals surface area contributed by atoms with Crippen LogP contribution in [-0.4, -0.2) is 29.5 Å². The standard InChI is InChI=1S/C14H18N4O2/c1-4-20-13-10(2)12(16-14(19)15-3)18(17-13)11-8-6-5-7-9-11/h5-9H,4H2,1-3H3,(H2,15,16,19).